The second-order valence-corrected chi connectivity index (χ2v) is 6.23. The maximum Gasteiger partial charge on any atom is 0.148 e. The zero-order chi connectivity index (χ0) is 14.7. The van der Waals surface area contributed by atoms with Gasteiger partial charge in [0.1, 0.15) is 5.82 Å². The van der Waals surface area contributed by atoms with Crippen molar-refractivity contribution in [3.05, 3.63) is 24.0 Å². The summed E-state index contributed by atoms with van der Waals surface area (Å²) in [6.07, 6.45) is 7.12. The number of halogens is 1. The topological polar surface area (TPSA) is 24.5 Å². The number of ether oxygens (including phenoxy) is 1. The van der Waals surface area contributed by atoms with Gasteiger partial charge in [0.05, 0.1) is 11.8 Å². The Hall–Kier alpha value is -1.29. The normalized spacial score (nSPS) is 26.1. The van der Waals surface area contributed by atoms with Crippen LogP contribution >= 0.6 is 0 Å². The number of hydrogen-bond donors (Lipinski definition) is 1. The molecule has 3 nitrogen and oxygen atoms in total. The molecule has 116 valence electrons. The quantitative estimate of drug-likeness (QED) is 0.913. The summed E-state index contributed by atoms with van der Waals surface area (Å²) in [5, 5.41) is 3.47. The van der Waals surface area contributed by atoms with E-state index in [2.05, 4.69) is 10.2 Å². The Kier molecular flexibility index (Phi) is 4.63. The van der Waals surface area contributed by atoms with Crippen molar-refractivity contribution < 1.29 is 9.13 Å². The first-order valence-corrected chi connectivity index (χ1v) is 8.10. The lowest BCUT2D eigenvalue weighted by atomic mass is 9.92. The number of methoxy groups -OCH3 is 1. The summed E-state index contributed by atoms with van der Waals surface area (Å²) in [5.74, 6) is -0.110. The molecular formula is C17H25FN2O. The number of rotatable bonds is 4. The molecule has 3 rings (SSSR count). The van der Waals surface area contributed by atoms with Crippen molar-refractivity contribution in [3.8, 4) is 0 Å². The molecule has 0 aromatic heterocycles. The van der Waals surface area contributed by atoms with Crippen LogP contribution in [0.2, 0.25) is 0 Å². The van der Waals surface area contributed by atoms with Crippen LogP contribution in [0.15, 0.2) is 18.2 Å². The van der Waals surface area contributed by atoms with Crippen LogP contribution in [-0.4, -0.2) is 32.3 Å². The Morgan fingerprint density at radius 3 is 2.71 bits per heavy atom. The van der Waals surface area contributed by atoms with Crippen molar-refractivity contribution in [1.82, 2.24) is 0 Å². The van der Waals surface area contributed by atoms with Gasteiger partial charge in [0.15, 0.2) is 0 Å². The van der Waals surface area contributed by atoms with Gasteiger partial charge in [-0.3, -0.25) is 0 Å². The van der Waals surface area contributed by atoms with E-state index in [1.54, 1.807) is 13.2 Å². The summed E-state index contributed by atoms with van der Waals surface area (Å²) in [4.78, 5) is 2.14. The van der Waals surface area contributed by atoms with Gasteiger partial charge in [-0.25, -0.2) is 4.39 Å². The van der Waals surface area contributed by atoms with Gasteiger partial charge in [0, 0.05) is 31.9 Å². The Balaban J connectivity index is 1.64. The second-order valence-electron chi connectivity index (χ2n) is 6.23. The van der Waals surface area contributed by atoms with Crippen molar-refractivity contribution in [2.75, 3.05) is 30.4 Å². The minimum absolute atomic E-state index is 0.110. The van der Waals surface area contributed by atoms with Crippen LogP contribution in [-0.2, 0) is 4.74 Å². The first-order valence-electron chi connectivity index (χ1n) is 8.10. The first-order chi connectivity index (χ1) is 10.3. The molecule has 0 amide bonds. The van der Waals surface area contributed by atoms with E-state index in [-0.39, 0.29) is 5.82 Å². The van der Waals surface area contributed by atoms with Crippen LogP contribution in [0.3, 0.4) is 0 Å². The predicted molar refractivity (Wildman–Crippen MR) is 84.5 cm³/mol. The molecule has 0 radical (unpaired) electrons. The summed E-state index contributed by atoms with van der Waals surface area (Å²) in [7, 11) is 1.78. The Morgan fingerprint density at radius 1 is 1.19 bits per heavy atom. The molecule has 2 aliphatic rings. The smallest absolute Gasteiger partial charge is 0.148 e. The third-order valence-corrected chi connectivity index (χ3v) is 4.72. The molecule has 1 N–H and O–H groups in total. The average molecular weight is 292 g/mol. The molecule has 1 aliphatic heterocycles. The summed E-state index contributed by atoms with van der Waals surface area (Å²) in [6, 6.07) is 5.96. The SMILES string of the molecule is COC1CCCC(Nc2ccc(N3CCCC3)c(F)c2)C1. The van der Waals surface area contributed by atoms with Crippen LogP contribution in [0, 0.1) is 5.82 Å². The van der Waals surface area contributed by atoms with Crippen LogP contribution in [0.1, 0.15) is 38.5 Å². The Labute approximate surface area is 126 Å². The molecule has 1 aromatic rings. The number of nitrogens with zero attached hydrogens (tertiary/aromatic N) is 1. The maximum atomic E-state index is 14.3. The van der Waals surface area contributed by atoms with Crippen LogP contribution in [0.5, 0.6) is 0 Å². The summed E-state index contributed by atoms with van der Waals surface area (Å²) >= 11 is 0. The second kappa shape index (κ2) is 6.65. The standard InChI is InChI=1S/C17H25FN2O/c1-21-15-6-4-5-13(11-15)19-14-7-8-17(16(18)12-14)20-9-2-3-10-20/h7-8,12-13,15,19H,2-6,9-11H2,1H3. The van der Waals surface area contributed by atoms with Gasteiger partial charge in [0.2, 0.25) is 0 Å². The van der Waals surface area contributed by atoms with Crippen LogP contribution < -0.4 is 10.2 Å². The lowest BCUT2D eigenvalue weighted by molar-refractivity contribution is 0.0669. The minimum atomic E-state index is -0.110. The van der Waals surface area contributed by atoms with Crippen molar-refractivity contribution in [2.24, 2.45) is 0 Å². The molecule has 2 unspecified atom stereocenters. The van der Waals surface area contributed by atoms with E-state index in [9.17, 15) is 4.39 Å². The van der Waals surface area contributed by atoms with Gasteiger partial charge in [-0.05, 0) is 56.7 Å². The van der Waals surface area contributed by atoms with E-state index in [4.69, 9.17) is 4.74 Å². The Morgan fingerprint density at radius 2 is 2.00 bits per heavy atom. The predicted octanol–water partition coefficient (Wildman–Crippen LogP) is 3.80. The highest BCUT2D eigenvalue weighted by molar-refractivity contribution is 5.57. The van der Waals surface area contributed by atoms with Gasteiger partial charge in [-0.15, -0.1) is 0 Å². The molecule has 1 aliphatic carbocycles. The molecule has 1 aromatic carbocycles. The van der Waals surface area contributed by atoms with E-state index in [0.29, 0.717) is 12.1 Å². The first kappa shape index (κ1) is 14.6. The van der Waals surface area contributed by atoms with Crippen molar-refractivity contribution >= 4 is 11.4 Å². The van der Waals surface area contributed by atoms with Crippen LogP contribution in [0.25, 0.3) is 0 Å². The highest BCUT2D eigenvalue weighted by Gasteiger charge is 2.22. The van der Waals surface area contributed by atoms with Crippen molar-refractivity contribution in [1.29, 1.82) is 0 Å². The van der Waals surface area contributed by atoms with E-state index in [1.807, 2.05) is 12.1 Å². The van der Waals surface area contributed by atoms with Gasteiger partial charge >= 0.3 is 0 Å². The van der Waals surface area contributed by atoms with Crippen LogP contribution in [0.4, 0.5) is 15.8 Å². The molecule has 21 heavy (non-hydrogen) atoms. The molecule has 2 atom stereocenters. The Bertz CT molecular complexity index is 474. The van der Waals surface area contributed by atoms with Gasteiger partial charge in [-0.1, -0.05) is 0 Å². The number of benzene rings is 1. The molecule has 4 heteroatoms. The third kappa shape index (κ3) is 3.49. The number of hydrogen-bond acceptors (Lipinski definition) is 3. The zero-order valence-corrected chi connectivity index (χ0v) is 12.8. The monoisotopic (exact) mass is 292 g/mol. The number of anilines is 2. The van der Waals surface area contributed by atoms with E-state index in [1.165, 1.54) is 19.3 Å². The molecule has 1 saturated heterocycles. The molecule has 0 spiro atoms. The average Bonchev–Trinajstić information content (AvgIpc) is 3.01. The van der Waals surface area contributed by atoms with Crippen molar-refractivity contribution in [2.45, 2.75) is 50.7 Å². The highest BCUT2D eigenvalue weighted by Crippen LogP contribution is 2.28. The van der Waals surface area contributed by atoms with Crippen molar-refractivity contribution in [3.63, 3.8) is 0 Å². The largest absolute Gasteiger partial charge is 0.382 e. The third-order valence-electron chi connectivity index (χ3n) is 4.72. The fraction of sp³-hybridized carbons (Fsp3) is 0.647. The van der Waals surface area contributed by atoms with Gasteiger partial charge in [0.25, 0.3) is 0 Å². The molecule has 1 heterocycles. The van der Waals surface area contributed by atoms with E-state index in [0.717, 1.165) is 43.7 Å². The summed E-state index contributed by atoms with van der Waals surface area (Å²) in [5.41, 5.74) is 1.63. The summed E-state index contributed by atoms with van der Waals surface area (Å²) in [6.45, 7) is 1.95. The van der Waals surface area contributed by atoms with Gasteiger partial charge in [-0.2, -0.15) is 0 Å². The minimum Gasteiger partial charge on any atom is -0.382 e. The fourth-order valence-electron chi connectivity index (χ4n) is 3.54. The number of nitrogens with one attached hydrogen (secondary N) is 1. The zero-order valence-electron chi connectivity index (χ0n) is 12.8. The fourth-order valence-corrected chi connectivity index (χ4v) is 3.54. The molecule has 2 fully saturated rings. The molecule has 1 saturated carbocycles. The van der Waals surface area contributed by atoms with Gasteiger partial charge < -0.3 is 15.0 Å². The van der Waals surface area contributed by atoms with E-state index < -0.39 is 0 Å². The lowest BCUT2D eigenvalue weighted by Crippen LogP contribution is -2.31. The van der Waals surface area contributed by atoms with E-state index >= 15 is 0 Å². The molecule has 0 bridgehead atoms. The highest BCUT2D eigenvalue weighted by atomic mass is 19.1. The lowest BCUT2D eigenvalue weighted by Gasteiger charge is -2.29. The molecular weight excluding hydrogens is 267 g/mol. The summed E-state index contributed by atoms with van der Waals surface area (Å²) < 4.78 is 19.7. The maximum absolute atomic E-state index is 14.3.